The number of carbonyl (C=O) groups excluding carboxylic acids is 1. The number of primary amides is 1. The van der Waals surface area contributed by atoms with E-state index in [4.69, 9.17) is 5.73 Å². The highest BCUT2D eigenvalue weighted by molar-refractivity contribution is 7.89. The fourth-order valence-corrected chi connectivity index (χ4v) is 5.33. The number of hydrogen-bond donors (Lipinski definition) is 2. The van der Waals surface area contributed by atoms with Crippen molar-refractivity contribution in [1.82, 2.24) is 4.31 Å². The first-order chi connectivity index (χ1) is 11.4. The Morgan fingerprint density at radius 3 is 2.75 bits per heavy atom. The van der Waals surface area contributed by atoms with Crippen LogP contribution in [0.4, 0.5) is 0 Å². The van der Waals surface area contributed by atoms with E-state index in [2.05, 4.69) is 0 Å². The lowest BCUT2D eigenvalue weighted by molar-refractivity contribution is 0.1000. The first-order valence-corrected chi connectivity index (χ1v) is 9.84. The van der Waals surface area contributed by atoms with E-state index in [1.807, 2.05) is 16.8 Å². The molecule has 0 spiro atoms. The number of aliphatic hydroxyl groups is 1. The van der Waals surface area contributed by atoms with Gasteiger partial charge in [-0.05, 0) is 40.6 Å². The Labute approximate surface area is 144 Å². The molecule has 2 atom stereocenters. The number of thiophene rings is 1. The third-order valence-electron chi connectivity index (χ3n) is 4.37. The third kappa shape index (κ3) is 3.10. The van der Waals surface area contributed by atoms with Crippen molar-refractivity contribution < 1.29 is 18.3 Å². The van der Waals surface area contributed by atoms with Crippen molar-refractivity contribution in [3.8, 4) is 0 Å². The van der Waals surface area contributed by atoms with Crippen LogP contribution < -0.4 is 5.73 Å². The largest absolute Gasteiger partial charge is 0.396 e. The van der Waals surface area contributed by atoms with Crippen LogP contribution in [0.3, 0.4) is 0 Å². The number of benzene rings is 1. The molecule has 1 fully saturated rings. The molecule has 8 heteroatoms. The number of amides is 1. The fourth-order valence-electron chi connectivity index (χ4n) is 3.04. The molecular formula is C16H18N2O4S2. The molecule has 1 aliphatic rings. The van der Waals surface area contributed by atoms with Gasteiger partial charge in [-0.15, -0.1) is 0 Å². The minimum Gasteiger partial charge on any atom is -0.396 e. The normalized spacial score (nSPS) is 21.9. The molecule has 2 heterocycles. The molecule has 0 unspecified atom stereocenters. The van der Waals surface area contributed by atoms with E-state index in [-0.39, 0.29) is 35.4 Å². The van der Waals surface area contributed by atoms with E-state index in [1.165, 1.54) is 28.6 Å². The van der Waals surface area contributed by atoms with Gasteiger partial charge >= 0.3 is 0 Å². The van der Waals surface area contributed by atoms with Crippen molar-refractivity contribution in [1.29, 1.82) is 0 Å². The first-order valence-electron chi connectivity index (χ1n) is 7.46. The van der Waals surface area contributed by atoms with Crippen LogP contribution in [0.1, 0.15) is 21.8 Å². The van der Waals surface area contributed by atoms with Crippen LogP contribution in [0.5, 0.6) is 0 Å². The summed E-state index contributed by atoms with van der Waals surface area (Å²) in [7, 11) is -3.74. The van der Waals surface area contributed by atoms with Gasteiger partial charge in [0.1, 0.15) is 0 Å². The standard InChI is InChI=1S/C16H18N2O4S2/c17-16(20)11-2-1-3-14(6-11)24(21,22)18-7-13(9-19)15(8-18)12-4-5-23-10-12/h1-6,10,13,15,19H,7-9H2,(H2,17,20)/t13-,15-/m0/s1. The number of sulfonamides is 1. The molecule has 3 rings (SSSR count). The molecule has 1 aromatic heterocycles. The molecule has 0 saturated carbocycles. The minimum atomic E-state index is -3.74. The highest BCUT2D eigenvalue weighted by atomic mass is 32.2. The van der Waals surface area contributed by atoms with E-state index < -0.39 is 15.9 Å². The predicted octanol–water partition coefficient (Wildman–Crippen LogP) is 1.24. The molecular weight excluding hydrogens is 348 g/mol. The zero-order valence-electron chi connectivity index (χ0n) is 12.8. The van der Waals surface area contributed by atoms with Gasteiger partial charge in [-0.25, -0.2) is 8.42 Å². The molecule has 1 aliphatic heterocycles. The quantitative estimate of drug-likeness (QED) is 0.831. The van der Waals surface area contributed by atoms with Crippen LogP contribution >= 0.6 is 11.3 Å². The lowest BCUT2D eigenvalue weighted by atomic mass is 9.92. The molecule has 3 N–H and O–H groups in total. The molecule has 6 nitrogen and oxygen atoms in total. The van der Waals surface area contributed by atoms with Crippen LogP contribution in [0.2, 0.25) is 0 Å². The summed E-state index contributed by atoms with van der Waals surface area (Å²) in [6, 6.07) is 7.69. The van der Waals surface area contributed by atoms with Crippen molar-refractivity contribution in [2.75, 3.05) is 19.7 Å². The van der Waals surface area contributed by atoms with E-state index in [9.17, 15) is 18.3 Å². The Bertz CT molecular complexity index is 834. The molecule has 0 radical (unpaired) electrons. The van der Waals surface area contributed by atoms with Crippen LogP contribution in [0.15, 0.2) is 46.0 Å². The zero-order valence-corrected chi connectivity index (χ0v) is 14.5. The Morgan fingerprint density at radius 2 is 2.12 bits per heavy atom. The number of nitrogens with two attached hydrogens (primary N) is 1. The number of aliphatic hydroxyl groups excluding tert-OH is 1. The predicted molar refractivity (Wildman–Crippen MR) is 91.4 cm³/mol. The second-order valence-electron chi connectivity index (χ2n) is 5.82. The maximum atomic E-state index is 12.9. The average Bonchev–Trinajstić information content (AvgIpc) is 3.23. The summed E-state index contributed by atoms with van der Waals surface area (Å²) in [5.74, 6) is -0.845. The van der Waals surface area contributed by atoms with Gasteiger partial charge in [-0.1, -0.05) is 6.07 Å². The molecule has 1 aromatic carbocycles. The lowest BCUT2D eigenvalue weighted by Gasteiger charge is -2.16. The highest BCUT2D eigenvalue weighted by Crippen LogP contribution is 2.36. The van der Waals surface area contributed by atoms with Gasteiger partial charge in [0.15, 0.2) is 0 Å². The smallest absolute Gasteiger partial charge is 0.248 e. The molecule has 128 valence electrons. The average molecular weight is 366 g/mol. The number of rotatable bonds is 5. The van der Waals surface area contributed by atoms with Crippen LogP contribution in [-0.4, -0.2) is 43.4 Å². The van der Waals surface area contributed by atoms with Crippen molar-refractivity contribution in [3.05, 3.63) is 52.2 Å². The second kappa shape index (κ2) is 6.64. The van der Waals surface area contributed by atoms with Gasteiger partial charge in [0.25, 0.3) is 0 Å². The monoisotopic (exact) mass is 366 g/mol. The van der Waals surface area contributed by atoms with Crippen molar-refractivity contribution in [3.63, 3.8) is 0 Å². The van der Waals surface area contributed by atoms with Crippen LogP contribution in [0, 0.1) is 5.92 Å². The zero-order chi connectivity index (χ0) is 17.3. The summed E-state index contributed by atoms with van der Waals surface area (Å²) in [6.45, 7) is 0.485. The van der Waals surface area contributed by atoms with E-state index >= 15 is 0 Å². The van der Waals surface area contributed by atoms with Crippen molar-refractivity contribution >= 4 is 27.3 Å². The topological polar surface area (TPSA) is 101 Å². The molecule has 2 aromatic rings. The van der Waals surface area contributed by atoms with E-state index in [0.717, 1.165) is 5.56 Å². The van der Waals surface area contributed by atoms with Crippen molar-refractivity contribution in [2.45, 2.75) is 10.8 Å². The Morgan fingerprint density at radius 1 is 1.33 bits per heavy atom. The Kier molecular flexibility index (Phi) is 4.73. The summed E-state index contributed by atoms with van der Waals surface area (Å²) in [4.78, 5) is 11.3. The number of hydrogen-bond acceptors (Lipinski definition) is 5. The number of carbonyl (C=O) groups is 1. The Hall–Kier alpha value is -1.74. The molecule has 24 heavy (non-hydrogen) atoms. The van der Waals surface area contributed by atoms with Gasteiger partial charge in [-0.3, -0.25) is 4.79 Å². The summed E-state index contributed by atoms with van der Waals surface area (Å²) in [5, 5.41) is 13.6. The van der Waals surface area contributed by atoms with Crippen LogP contribution in [0.25, 0.3) is 0 Å². The number of nitrogens with zero attached hydrogens (tertiary/aromatic N) is 1. The molecule has 1 saturated heterocycles. The van der Waals surface area contributed by atoms with E-state index in [1.54, 1.807) is 11.3 Å². The van der Waals surface area contributed by atoms with Gasteiger partial charge in [0.05, 0.1) is 4.90 Å². The van der Waals surface area contributed by atoms with Gasteiger partial charge in [-0.2, -0.15) is 15.6 Å². The SMILES string of the molecule is NC(=O)c1cccc(S(=O)(=O)N2C[C@@H](CO)[C@H](c3ccsc3)C2)c1. The van der Waals surface area contributed by atoms with Crippen molar-refractivity contribution in [2.24, 2.45) is 11.7 Å². The lowest BCUT2D eigenvalue weighted by Crippen LogP contribution is -2.29. The fraction of sp³-hybridized carbons (Fsp3) is 0.312. The molecule has 1 amide bonds. The van der Waals surface area contributed by atoms with Crippen LogP contribution in [-0.2, 0) is 10.0 Å². The second-order valence-corrected chi connectivity index (χ2v) is 8.54. The summed E-state index contributed by atoms with van der Waals surface area (Å²) < 4.78 is 27.1. The first kappa shape index (κ1) is 17.1. The minimum absolute atomic E-state index is 0.0321. The maximum Gasteiger partial charge on any atom is 0.248 e. The van der Waals surface area contributed by atoms with Gasteiger partial charge in [0.2, 0.25) is 15.9 Å². The van der Waals surface area contributed by atoms with Gasteiger partial charge in [0, 0.05) is 37.1 Å². The third-order valence-corrected chi connectivity index (χ3v) is 6.90. The highest BCUT2D eigenvalue weighted by Gasteiger charge is 2.39. The molecule has 0 aliphatic carbocycles. The molecule has 0 bridgehead atoms. The van der Waals surface area contributed by atoms with Gasteiger partial charge < -0.3 is 10.8 Å². The summed E-state index contributed by atoms with van der Waals surface area (Å²) in [6.07, 6.45) is 0. The maximum absolute atomic E-state index is 12.9. The summed E-state index contributed by atoms with van der Waals surface area (Å²) >= 11 is 1.55. The summed E-state index contributed by atoms with van der Waals surface area (Å²) in [5.41, 5.74) is 6.43. The van der Waals surface area contributed by atoms with E-state index in [0.29, 0.717) is 6.54 Å². The Balaban J connectivity index is 1.91.